The molecule has 0 spiro atoms. The van der Waals surface area contributed by atoms with Crippen LogP contribution in [-0.2, 0) is 6.42 Å². The number of H-pyrrole nitrogens is 1. The van der Waals surface area contributed by atoms with Crippen LogP contribution in [0.4, 0.5) is 15.8 Å². The molecule has 0 amide bonds. The standard InChI is InChI=1S/C16H16FN3/c17-13-5-3-6-14(18)16(13)19-9-8-11-10-20-15-7-2-1-4-12(11)15/h1-7,10,19-20H,8-9,18H2. The van der Waals surface area contributed by atoms with Crippen molar-refractivity contribution in [2.75, 3.05) is 17.6 Å². The Morgan fingerprint density at radius 1 is 1.10 bits per heavy atom. The minimum atomic E-state index is -0.316. The van der Waals surface area contributed by atoms with E-state index in [0.29, 0.717) is 17.9 Å². The zero-order valence-electron chi connectivity index (χ0n) is 11.0. The molecule has 1 heterocycles. The summed E-state index contributed by atoms with van der Waals surface area (Å²) in [5.74, 6) is -0.316. The fourth-order valence-electron chi connectivity index (χ4n) is 2.39. The Bertz CT molecular complexity index is 713. The molecule has 3 aromatic rings. The summed E-state index contributed by atoms with van der Waals surface area (Å²) in [7, 11) is 0. The lowest BCUT2D eigenvalue weighted by Gasteiger charge is -2.09. The van der Waals surface area contributed by atoms with Crippen molar-refractivity contribution in [2.45, 2.75) is 6.42 Å². The Morgan fingerprint density at radius 3 is 2.80 bits per heavy atom. The third kappa shape index (κ3) is 2.32. The topological polar surface area (TPSA) is 53.8 Å². The van der Waals surface area contributed by atoms with Crippen LogP contribution in [0.25, 0.3) is 10.9 Å². The van der Waals surface area contributed by atoms with Gasteiger partial charge in [0.15, 0.2) is 0 Å². The normalized spacial score (nSPS) is 10.8. The van der Waals surface area contributed by atoms with Gasteiger partial charge < -0.3 is 16.0 Å². The van der Waals surface area contributed by atoms with Crippen LogP contribution in [0.5, 0.6) is 0 Å². The van der Waals surface area contributed by atoms with Crippen molar-refractivity contribution < 1.29 is 4.39 Å². The molecule has 3 nitrogen and oxygen atoms in total. The fourth-order valence-corrected chi connectivity index (χ4v) is 2.39. The molecule has 0 aliphatic rings. The summed E-state index contributed by atoms with van der Waals surface area (Å²) < 4.78 is 13.6. The van der Waals surface area contributed by atoms with Crippen LogP contribution in [0.3, 0.4) is 0 Å². The zero-order valence-corrected chi connectivity index (χ0v) is 11.0. The van der Waals surface area contributed by atoms with Crippen LogP contribution in [-0.4, -0.2) is 11.5 Å². The number of hydrogen-bond donors (Lipinski definition) is 3. The summed E-state index contributed by atoms with van der Waals surface area (Å²) in [6.45, 7) is 0.632. The number of halogens is 1. The monoisotopic (exact) mass is 269 g/mol. The lowest BCUT2D eigenvalue weighted by molar-refractivity contribution is 0.630. The first-order valence-corrected chi connectivity index (χ1v) is 6.58. The summed E-state index contributed by atoms with van der Waals surface area (Å²) in [5, 5.41) is 4.27. The number of nitrogen functional groups attached to an aromatic ring is 1. The van der Waals surface area contributed by atoms with Crippen LogP contribution in [0.15, 0.2) is 48.7 Å². The van der Waals surface area contributed by atoms with E-state index in [2.05, 4.69) is 16.4 Å². The quantitative estimate of drug-likeness (QED) is 0.634. The summed E-state index contributed by atoms with van der Waals surface area (Å²) in [6.07, 6.45) is 2.80. The van der Waals surface area contributed by atoms with Crippen LogP contribution in [0.1, 0.15) is 5.56 Å². The van der Waals surface area contributed by atoms with Crippen molar-refractivity contribution in [3.8, 4) is 0 Å². The highest BCUT2D eigenvalue weighted by molar-refractivity contribution is 5.83. The number of para-hydroxylation sites is 2. The molecule has 1 aromatic heterocycles. The largest absolute Gasteiger partial charge is 0.397 e. The third-order valence-corrected chi connectivity index (χ3v) is 3.42. The molecule has 0 unspecified atom stereocenters. The van der Waals surface area contributed by atoms with Gasteiger partial charge in [-0.2, -0.15) is 0 Å². The highest BCUT2D eigenvalue weighted by Crippen LogP contribution is 2.22. The fraction of sp³-hybridized carbons (Fsp3) is 0.125. The number of rotatable bonds is 4. The number of benzene rings is 2. The molecule has 0 fully saturated rings. The molecule has 0 saturated carbocycles. The van der Waals surface area contributed by atoms with Crippen molar-refractivity contribution in [1.29, 1.82) is 0 Å². The molecule has 0 radical (unpaired) electrons. The average molecular weight is 269 g/mol. The number of aromatic nitrogens is 1. The molecule has 20 heavy (non-hydrogen) atoms. The number of fused-ring (bicyclic) bond motifs is 1. The predicted molar refractivity (Wildman–Crippen MR) is 81.3 cm³/mol. The van der Waals surface area contributed by atoms with Crippen molar-refractivity contribution in [3.05, 3.63) is 60.0 Å². The lowest BCUT2D eigenvalue weighted by Crippen LogP contribution is -2.08. The minimum absolute atomic E-state index is 0.316. The molecule has 0 aliphatic heterocycles. The van der Waals surface area contributed by atoms with E-state index in [-0.39, 0.29) is 5.82 Å². The first kappa shape index (κ1) is 12.5. The SMILES string of the molecule is Nc1cccc(F)c1NCCc1c[nH]c2ccccc12. The molecule has 4 heteroatoms. The Labute approximate surface area is 116 Å². The number of nitrogens with two attached hydrogens (primary N) is 1. The highest BCUT2D eigenvalue weighted by Gasteiger charge is 2.06. The molecule has 0 saturated heterocycles. The predicted octanol–water partition coefficient (Wildman–Crippen LogP) is 3.54. The lowest BCUT2D eigenvalue weighted by atomic mass is 10.1. The molecular weight excluding hydrogens is 253 g/mol. The number of hydrogen-bond acceptors (Lipinski definition) is 2. The second-order valence-electron chi connectivity index (χ2n) is 4.74. The van der Waals surface area contributed by atoms with Crippen molar-refractivity contribution in [3.63, 3.8) is 0 Å². The summed E-state index contributed by atoms with van der Waals surface area (Å²) >= 11 is 0. The zero-order chi connectivity index (χ0) is 13.9. The van der Waals surface area contributed by atoms with Gasteiger partial charge in [-0.25, -0.2) is 4.39 Å². The van der Waals surface area contributed by atoms with E-state index in [1.54, 1.807) is 12.1 Å². The van der Waals surface area contributed by atoms with Crippen LogP contribution >= 0.6 is 0 Å². The third-order valence-electron chi connectivity index (χ3n) is 3.42. The van der Waals surface area contributed by atoms with Gasteiger partial charge in [-0.3, -0.25) is 0 Å². The second kappa shape index (κ2) is 5.25. The smallest absolute Gasteiger partial charge is 0.148 e. The Hall–Kier alpha value is -2.49. The average Bonchev–Trinajstić information content (AvgIpc) is 2.86. The maximum Gasteiger partial charge on any atom is 0.148 e. The number of aromatic amines is 1. The number of nitrogens with one attached hydrogen (secondary N) is 2. The highest BCUT2D eigenvalue weighted by atomic mass is 19.1. The van der Waals surface area contributed by atoms with Gasteiger partial charge in [0.05, 0.1) is 11.4 Å². The van der Waals surface area contributed by atoms with Gasteiger partial charge in [0.1, 0.15) is 5.82 Å². The summed E-state index contributed by atoms with van der Waals surface area (Å²) in [4.78, 5) is 3.23. The minimum Gasteiger partial charge on any atom is -0.397 e. The van der Waals surface area contributed by atoms with Crippen molar-refractivity contribution in [2.24, 2.45) is 0 Å². The summed E-state index contributed by atoms with van der Waals surface area (Å²) in [6, 6.07) is 12.8. The first-order chi connectivity index (χ1) is 9.75. The molecule has 4 N–H and O–H groups in total. The maximum absolute atomic E-state index is 13.6. The van der Waals surface area contributed by atoms with E-state index >= 15 is 0 Å². The van der Waals surface area contributed by atoms with Gasteiger partial charge in [-0.05, 0) is 30.2 Å². The Kier molecular flexibility index (Phi) is 3.29. The van der Waals surface area contributed by atoms with Crippen molar-refractivity contribution >= 4 is 22.3 Å². The maximum atomic E-state index is 13.6. The molecule has 0 aliphatic carbocycles. The molecule has 0 bridgehead atoms. The van der Waals surface area contributed by atoms with Gasteiger partial charge >= 0.3 is 0 Å². The van der Waals surface area contributed by atoms with Crippen LogP contribution < -0.4 is 11.1 Å². The van der Waals surface area contributed by atoms with Crippen LogP contribution in [0, 0.1) is 5.82 Å². The summed E-state index contributed by atoms with van der Waals surface area (Å²) in [5.41, 5.74) is 8.91. The van der Waals surface area contributed by atoms with Gasteiger partial charge in [0.25, 0.3) is 0 Å². The Balaban J connectivity index is 1.71. The van der Waals surface area contributed by atoms with Crippen LogP contribution in [0.2, 0.25) is 0 Å². The van der Waals surface area contributed by atoms with E-state index in [9.17, 15) is 4.39 Å². The van der Waals surface area contributed by atoms with Crippen molar-refractivity contribution in [1.82, 2.24) is 4.98 Å². The van der Waals surface area contributed by atoms with E-state index in [1.165, 1.54) is 17.0 Å². The molecule has 3 rings (SSSR count). The molecule has 102 valence electrons. The van der Waals surface area contributed by atoms with E-state index in [4.69, 9.17) is 5.73 Å². The Morgan fingerprint density at radius 2 is 1.95 bits per heavy atom. The van der Waals surface area contributed by atoms with E-state index in [0.717, 1.165) is 11.9 Å². The molecular formula is C16H16FN3. The van der Waals surface area contributed by atoms with E-state index < -0.39 is 0 Å². The van der Waals surface area contributed by atoms with Gasteiger partial charge in [-0.15, -0.1) is 0 Å². The number of anilines is 2. The van der Waals surface area contributed by atoms with Gasteiger partial charge in [0, 0.05) is 23.6 Å². The van der Waals surface area contributed by atoms with Gasteiger partial charge in [-0.1, -0.05) is 24.3 Å². The second-order valence-corrected chi connectivity index (χ2v) is 4.74. The van der Waals surface area contributed by atoms with E-state index in [1.807, 2.05) is 24.4 Å². The molecule has 0 atom stereocenters. The van der Waals surface area contributed by atoms with Gasteiger partial charge in [0.2, 0.25) is 0 Å². The first-order valence-electron chi connectivity index (χ1n) is 6.58. The molecule has 2 aromatic carbocycles.